The van der Waals surface area contributed by atoms with Gasteiger partial charge in [0.2, 0.25) is 0 Å². The highest BCUT2D eigenvalue weighted by Gasteiger charge is 2.39. The Hall–Kier alpha value is -2.02. The van der Waals surface area contributed by atoms with Crippen molar-refractivity contribution in [2.24, 2.45) is 5.41 Å². The first kappa shape index (κ1) is 12.4. The first-order chi connectivity index (χ1) is 8.69. The van der Waals surface area contributed by atoms with E-state index >= 15 is 0 Å². The number of carbonyl (C=O) groups is 1. The molecule has 0 N–H and O–H groups in total. The Bertz CT molecular complexity index is 480. The molecule has 0 aromatic heterocycles. The van der Waals surface area contributed by atoms with Gasteiger partial charge >= 0.3 is 0 Å². The number of nitriles is 1. The molecule has 0 amide bonds. The van der Waals surface area contributed by atoms with Gasteiger partial charge in [0.05, 0.1) is 11.5 Å². The Morgan fingerprint density at radius 1 is 1.50 bits per heavy atom. The molecule has 2 unspecified atom stereocenters. The van der Waals surface area contributed by atoms with E-state index in [0.29, 0.717) is 30.9 Å². The molecule has 0 bridgehead atoms. The number of fused-ring (bicyclic) bond motifs is 1. The van der Waals surface area contributed by atoms with Gasteiger partial charge < -0.3 is 14.3 Å². The van der Waals surface area contributed by atoms with Crippen molar-refractivity contribution in [3.05, 3.63) is 24.3 Å². The van der Waals surface area contributed by atoms with Crippen LogP contribution in [0, 0.1) is 16.7 Å². The molecule has 4 heteroatoms. The largest absolute Gasteiger partial charge is 0.486 e. The summed E-state index contributed by atoms with van der Waals surface area (Å²) < 4.78 is 11.4. The summed E-state index contributed by atoms with van der Waals surface area (Å²) in [6.07, 6.45) is 1.31. The lowest BCUT2D eigenvalue weighted by molar-refractivity contribution is -0.108. The van der Waals surface area contributed by atoms with Crippen LogP contribution in [0.25, 0.3) is 0 Å². The lowest BCUT2D eigenvalue weighted by Gasteiger charge is -2.35. The van der Waals surface area contributed by atoms with Crippen LogP contribution >= 0.6 is 0 Å². The highest BCUT2D eigenvalue weighted by Crippen LogP contribution is 2.37. The first-order valence-corrected chi connectivity index (χ1v) is 5.93. The van der Waals surface area contributed by atoms with E-state index in [9.17, 15) is 10.1 Å². The molecular weight excluding hydrogens is 230 g/mol. The Balaban J connectivity index is 2.16. The molecule has 2 rings (SSSR count). The van der Waals surface area contributed by atoms with Crippen LogP contribution in [-0.4, -0.2) is 19.0 Å². The van der Waals surface area contributed by atoms with Gasteiger partial charge in [-0.3, -0.25) is 0 Å². The van der Waals surface area contributed by atoms with Crippen molar-refractivity contribution in [3.8, 4) is 17.6 Å². The van der Waals surface area contributed by atoms with Crippen LogP contribution in [0.4, 0.5) is 0 Å². The molecule has 1 heterocycles. The maximum absolute atomic E-state index is 10.5. The molecule has 0 saturated heterocycles. The van der Waals surface area contributed by atoms with E-state index < -0.39 is 5.41 Å². The first-order valence-electron chi connectivity index (χ1n) is 5.93. The average Bonchev–Trinajstić information content (AvgIpc) is 2.44. The van der Waals surface area contributed by atoms with Crippen LogP contribution in [0.2, 0.25) is 0 Å². The topological polar surface area (TPSA) is 59.3 Å². The summed E-state index contributed by atoms with van der Waals surface area (Å²) in [6.45, 7) is 2.14. The SMILES string of the molecule is CC(C#N)(CCC=O)C1COc2ccccc2O1. The van der Waals surface area contributed by atoms with Crippen molar-refractivity contribution in [2.45, 2.75) is 25.9 Å². The summed E-state index contributed by atoms with van der Waals surface area (Å²) in [6, 6.07) is 9.64. The Labute approximate surface area is 106 Å². The van der Waals surface area contributed by atoms with Crippen molar-refractivity contribution in [1.29, 1.82) is 5.26 Å². The van der Waals surface area contributed by atoms with E-state index in [1.54, 1.807) is 6.92 Å². The van der Waals surface area contributed by atoms with E-state index in [4.69, 9.17) is 9.47 Å². The second-order valence-corrected chi connectivity index (χ2v) is 4.60. The highest BCUT2D eigenvalue weighted by molar-refractivity contribution is 5.49. The molecule has 2 atom stereocenters. The predicted octanol–water partition coefficient (Wildman–Crippen LogP) is 2.34. The summed E-state index contributed by atoms with van der Waals surface area (Å²) in [7, 11) is 0. The molecule has 0 saturated carbocycles. The number of hydrogen-bond acceptors (Lipinski definition) is 4. The summed E-state index contributed by atoms with van der Waals surface area (Å²) in [5, 5.41) is 9.31. The van der Waals surface area contributed by atoms with E-state index in [2.05, 4.69) is 6.07 Å². The minimum Gasteiger partial charge on any atom is -0.486 e. The highest BCUT2D eigenvalue weighted by atomic mass is 16.6. The molecule has 18 heavy (non-hydrogen) atoms. The van der Waals surface area contributed by atoms with Gasteiger partial charge in [0.15, 0.2) is 17.6 Å². The lowest BCUT2D eigenvalue weighted by atomic mass is 9.81. The molecule has 0 fully saturated rings. The minimum atomic E-state index is -0.714. The normalized spacial score (nSPS) is 20.6. The molecular formula is C14H15NO3. The molecule has 1 aliphatic rings. The average molecular weight is 245 g/mol. The molecule has 1 aliphatic heterocycles. The van der Waals surface area contributed by atoms with Gasteiger partial charge in [-0.1, -0.05) is 12.1 Å². The standard InChI is InChI=1S/C14H15NO3/c1-14(10-15,7-4-8-16)13-9-17-11-5-2-3-6-12(11)18-13/h2-3,5-6,8,13H,4,7,9H2,1H3. The van der Waals surface area contributed by atoms with Crippen LogP contribution in [0.1, 0.15) is 19.8 Å². The number of hydrogen-bond donors (Lipinski definition) is 0. The van der Waals surface area contributed by atoms with Crippen LogP contribution in [0.3, 0.4) is 0 Å². The van der Waals surface area contributed by atoms with E-state index in [-0.39, 0.29) is 6.10 Å². The van der Waals surface area contributed by atoms with Gasteiger partial charge in [-0.15, -0.1) is 0 Å². The molecule has 94 valence electrons. The Morgan fingerprint density at radius 2 is 2.22 bits per heavy atom. The Morgan fingerprint density at radius 3 is 2.89 bits per heavy atom. The zero-order valence-corrected chi connectivity index (χ0v) is 10.3. The summed E-state index contributed by atoms with van der Waals surface area (Å²) in [5.74, 6) is 1.35. The van der Waals surface area contributed by atoms with Crippen molar-refractivity contribution < 1.29 is 14.3 Å². The molecule has 0 aliphatic carbocycles. The third-order valence-electron chi connectivity index (χ3n) is 3.26. The van der Waals surface area contributed by atoms with Crippen LogP contribution in [0.15, 0.2) is 24.3 Å². The summed E-state index contributed by atoms with van der Waals surface area (Å²) in [4.78, 5) is 10.5. The molecule has 0 radical (unpaired) electrons. The molecule has 4 nitrogen and oxygen atoms in total. The van der Waals surface area contributed by atoms with Crippen molar-refractivity contribution in [3.63, 3.8) is 0 Å². The number of para-hydroxylation sites is 2. The monoisotopic (exact) mass is 245 g/mol. The van der Waals surface area contributed by atoms with E-state index in [1.807, 2.05) is 24.3 Å². The fraction of sp³-hybridized carbons (Fsp3) is 0.429. The minimum absolute atomic E-state index is 0.333. The number of carbonyl (C=O) groups excluding carboxylic acids is 1. The van der Waals surface area contributed by atoms with Crippen LogP contribution in [0.5, 0.6) is 11.5 Å². The number of benzene rings is 1. The number of rotatable bonds is 4. The maximum atomic E-state index is 10.5. The van der Waals surface area contributed by atoms with Gasteiger partial charge in [-0.25, -0.2) is 0 Å². The number of aldehydes is 1. The van der Waals surface area contributed by atoms with Crippen LogP contribution < -0.4 is 9.47 Å². The summed E-state index contributed by atoms with van der Waals surface area (Å²) >= 11 is 0. The molecule has 1 aromatic carbocycles. The molecule has 0 spiro atoms. The van der Waals surface area contributed by atoms with Gasteiger partial charge in [0.25, 0.3) is 0 Å². The van der Waals surface area contributed by atoms with Gasteiger partial charge in [0, 0.05) is 6.42 Å². The van der Waals surface area contributed by atoms with Crippen LogP contribution in [-0.2, 0) is 4.79 Å². The third-order valence-corrected chi connectivity index (χ3v) is 3.26. The van der Waals surface area contributed by atoms with E-state index in [0.717, 1.165) is 6.29 Å². The van der Waals surface area contributed by atoms with Gasteiger partial charge in [-0.05, 0) is 25.5 Å². The zero-order valence-electron chi connectivity index (χ0n) is 10.3. The second kappa shape index (κ2) is 5.09. The maximum Gasteiger partial charge on any atom is 0.161 e. The van der Waals surface area contributed by atoms with Crippen molar-refractivity contribution in [2.75, 3.05) is 6.61 Å². The number of nitrogens with zero attached hydrogens (tertiary/aromatic N) is 1. The predicted molar refractivity (Wildman–Crippen MR) is 65.4 cm³/mol. The third kappa shape index (κ3) is 2.30. The zero-order chi connectivity index (χ0) is 13.0. The number of ether oxygens (including phenoxy) is 2. The van der Waals surface area contributed by atoms with Gasteiger partial charge in [-0.2, -0.15) is 5.26 Å². The fourth-order valence-electron chi connectivity index (χ4n) is 1.98. The second-order valence-electron chi connectivity index (χ2n) is 4.60. The van der Waals surface area contributed by atoms with Gasteiger partial charge in [0.1, 0.15) is 12.9 Å². The lowest BCUT2D eigenvalue weighted by Crippen LogP contribution is -2.42. The fourth-order valence-corrected chi connectivity index (χ4v) is 1.98. The van der Waals surface area contributed by atoms with Crippen molar-refractivity contribution >= 4 is 6.29 Å². The summed E-state index contributed by atoms with van der Waals surface area (Å²) in [5.41, 5.74) is -0.714. The smallest absolute Gasteiger partial charge is 0.161 e. The quantitative estimate of drug-likeness (QED) is 0.764. The molecule has 1 aromatic rings. The van der Waals surface area contributed by atoms with Crippen molar-refractivity contribution in [1.82, 2.24) is 0 Å². The van der Waals surface area contributed by atoms with E-state index in [1.165, 1.54) is 0 Å². The Kier molecular flexibility index (Phi) is 3.52.